The second-order valence-electron chi connectivity index (χ2n) is 7.91. The highest BCUT2D eigenvalue weighted by Gasteiger charge is 2.42. The van der Waals surface area contributed by atoms with Crippen LogP contribution in [-0.4, -0.2) is 34.7 Å². The van der Waals surface area contributed by atoms with Crippen LogP contribution in [0.1, 0.15) is 40.1 Å². The predicted molar refractivity (Wildman–Crippen MR) is 126 cm³/mol. The molecule has 0 saturated carbocycles. The first kappa shape index (κ1) is 20.8. The number of nitrogens with zero attached hydrogens (tertiary/aromatic N) is 2. The summed E-state index contributed by atoms with van der Waals surface area (Å²) in [5.74, 6) is 1.53. The standard InChI is InChI=1S/C27H25N3O3/c1-3-33-22-15-11-20(12-16-22)26-23-24(19-7-5-4-6-8-19)28-29-25(23)27(31)30(26)17-18-9-13-21(32-2)14-10-18/h4-16,26H,3,17H2,1-2H3,(H,28,29). The summed E-state index contributed by atoms with van der Waals surface area (Å²) in [5.41, 5.74) is 5.27. The van der Waals surface area contributed by atoms with Gasteiger partial charge in [0.15, 0.2) is 0 Å². The fourth-order valence-electron chi connectivity index (χ4n) is 4.36. The lowest BCUT2D eigenvalue weighted by Gasteiger charge is -2.26. The van der Waals surface area contributed by atoms with Gasteiger partial charge in [-0.1, -0.05) is 54.6 Å². The molecule has 0 saturated heterocycles. The molecular weight excluding hydrogens is 414 g/mol. The minimum atomic E-state index is -0.265. The Bertz CT molecular complexity index is 1250. The summed E-state index contributed by atoms with van der Waals surface area (Å²) < 4.78 is 10.9. The van der Waals surface area contributed by atoms with Crippen molar-refractivity contribution in [2.24, 2.45) is 0 Å². The fourth-order valence-corrected chi connectivity index (χ4v) is 4.36. The van der Waals surface area contributed by atoms with E-state index in [0.717, 1.165) is 39.4 Å². The van der Waals surface area contributed by atoms with Crippen molar-refractivity contribution >= 4 is 5.91 Å². The van der Waals surface area contributed by atoms with Gasteiger partial charge in [0.05, 0.1) is 25.5 Å². The van der Waals surface area contributed by atoms with E-state index < -0.39 is 0 Å². The highest BCUT2D eigenvalue weighted by atomic mass is 16.5. The van der Waals surface area contributed by atoms with Crippen molar-refractivity contribution in [3.63, 3.8) is 0 Å². The summed E-state index contributed by atoms with van der Waals surface area (Å²) in [6, 6.07) is 25.5. The SMILES string of the molecule is CCOc1ccc(C2c3c(-c4ccccc4)n[nH]c3C(=O)N2Cc2ccc(OC)cc2)cc1. The number of carbonyl (C=O) groups is 1. The molecular formula is C27H25N3O3. The van der Waals surface area contributed by atoms with Gasteiger partial charge in [-0.15, -0.1) is 0 Å². The zero-order valence-electron chi connectivity index (χ0n) is 18.6. The topological polar surface area (TPSA) is 67.5 Å². The van der Waals surface area contributed by atoms with Gasteiger partial charge in [-0.05, 0) is 42.3 Å². The van der Waals surface area contributed by atoms with E-state index in [1.54, 1.807) is 7.11 Å². The fraction of sp³-hybridized carbons (Fsp3) is 0.185. The van der Waals surface area contributed by atoms with Gasteiger partial charge in [-0.3, -0.25) is 9.89 Å². The molecule has 4 aromatic rings. The molecule has 6 heteroatoms. The molecule has 5 rings (SSSR count). The molecule has 3 aromatic carbocycles. The smallest absolute Gasteiger partial charge is 0.273 e. The van der Waals surface area contributed by atoms with Gasteiger partial charge in [0.2, 0.25) is 0 Å². The Morgan fingerprint density at radius 2 is 1.64 bits per heavy atom. The number of fused-ring (bicyclic) bond motifs is 1. The summed E-state index contributed by atoms with van der Waals surface area (Å²) in [4.78, 5) is 15.4. The number of rotatable bonds is 7. The van der Waals surface area contributed by atoms with E-state index in [9.17, 15) is 4.79 Å². The number of nitrogens with one attached hydrogen (secondary N) is 1. The Kier molecular flexibility index (Phi) is 5.57. The van der Waals surface area contributed by atoms with E-state index in [1.165, 1.54) is 0 Å². The minimum absolute atomic E-state index is 0.0608. The molecule has 166 valence electrons. The first-order chi connectivity index (χ1) is 16.2. The number of benzene rings is 3. The highest BCUT2D eigenvalue weighted by Crippen LogP contribution is 2.43. The molecule has 1 aliphatic rings. The van der Waals surface area contributed by atoms with Crippen molar-refractivity contribution in [1.82, 2.24) is 15.1 Å². The number of amides is 1. The van der Waals surface area contributed by atoms with Crippen LogP contribution in [0, 0.1) is 0 Å². The molecule has 0 fully saturated rings. The Hall–Kier alpha value is -4.06. The number of hydrogen-bond acceptors (Lipinski definition) is 4. The molecule has 0 radical (unpaired) electrons. The van der Waals surface area contributed by atoms with Crippen LogP contribution in [0.4, 0.5) is 0 Å². The molecule has 6 nitrogen and oxygen atoms in total. The maximum atomic E-state index is 13.5. The monoisotopic (exact) mass is 439 g/mol. The molecule has 1 N–H and O–H groups in total. The second-order valence-corrected chi connectivity index (χ2v) is 7.91. The zero-order chi connectivity index (χ0) is 22.8. The quantitative estimate of drug-likeness (QED) is 0.428. The van der Waals surface area contributed by atoms with Crippen molar-refractivity contribution in [2.45, 2.75) is 19.5 Å². The lowest BCUT2D eigenvalue weighted by Crippen LogP contribution is -2.29. The molecule has 0 aliphatic carbocycles. The van der Waals surface area contributed by atoms with Crippen molar-refractivity contribution in [3.8, 4) is 22.8 Å². The van der Waals surface area contributed by atoms with E-state index in [2.05, 4.69) is 10.2 Å². The first-order valence-electron chi connectivity index (χ1n) is 11.0. The maximum absolute atomic E-state index is 13.5. The van der Waals surface area contributed by atoms with Crippen LogP contribution in [0.5, 0.6) is 11.5 Å². The summed E-state index contributed by atoms with van der Waals surface area (Å²) in [6.07, 6.45) is 0. The van der Waals surface area contributed by atoms with Gasteiger partial charge in [0.25, 0.3) is 5.91 Å². The lowest BCUT2D eigenvalue weighted by molar-refractivity contribution is 0.0730. The van der Waals surface area contributed by atoms with Gasteiger partial charge in [0.1, 0.15) is 17.2 Å². The Balaban J connectivity index is 1.58. The van der Waals surface area contributed by atoms with E-state index in [-0.39, 0.29) is 11.9 Å². The second kappa shape index (κ2) is 8.82. The van der Waals surface area contributed by atoms with E-state index in [1.807, 2.05) is 90.7 Å². The molecule has 1 unspecified atom stereocenters. The maximum Gasteiger partial charge on any atom is 0.273 e. The van der Waals surface area contributed by atoms with Crippen molar-refractivity contribution in [2.75, 3.05) is 13.7 Å². The number of carbonyl (C=O) groups excluding carboxylic acids is 1. The molecule has 2 heterocycles. The van der Waals surface area contributed by atoms with Crippen molar-refractivity contribution in [1.29, 1.82) is 0 Å². The van der Waals surface area contributed by atoms with Gasteiger partial charge >= 0.3 is 0 Å². The third-order valence-corrected chi connectivity index (χ3v) is 5.93. The Morgan fingerprint density at radius 1 is 0.939 bits per heavy atom. The number of hydrogen-bond donors (Lipinski definition) is 1. The van der Waals surface area contributed by atoms with Crippen molar-refractivity contribution < 1.29 is 14.3 Å². The molecule has 1 aromatic heterocycles. The number of H-pyrrole nitrogens is 1. The number of aromatic nitrogens is 2. The summed E-state index contributed by atoms with van der Waals surface area (Å²) in [6.45, 7) is 3.04. The number of aromatic amines is 1. The van der Waals surface area contributed by atoms with E-state index in [4.69, 9.17) is 9.47 Å². The summed E-state index contributed by atoms with van der Waals surface area (Å²) in [7, 11) is 1.64. The van der Waals surface area contributed by atoms with Crippen LogP contribution < -0.4 is 9.47 Å². The van der Waals surface area contributed by atoms with Crippen molar-refractivity contribution in [3.05, 3.63) is 101 Å². The summed E-state index contributed by atoms with van der Waals surface area (Å²) in [5, 5.41) is 7.55. The van der Waals surface area contributed by atoms with Crippen LogP contribution in [0.25, 0.3) is 11.3 Å². The highest BCUT2D eigenvalue weighted by molar-refractivity contribution is 6.00. The van der Waals surface area contributed by atoms with Crippen LogP contribution in [0.15, 0.2) is 78.9 Å². The van der Waals surface area contributed by atoms with Crippen LogP contribution in [0.2, 0.25) is 0 Å². The van der Waals surface area contributed by atoms with Crippen LogP contribution >= 0.6 is 0 Å². The summed E-state index contributed by atoms with van der Waals surface area (Å²) >= 11 is 0. The van der Waals surface area contributed by atoms with Crippen LogP contribution in [0.3, 0.4) is 0 Å². The average Bonchev–Trinajstić information content (AvgIpc) is 3.40. The molecule has 1 aliphatic heterocycles. The van der Waals surface area contributed by atoms with Gasteiger partial charge in [-0.25, -0.2) is 0 Å². The van der Waals surface area contributed by atoms with Crippen LogP contribution in [-0.2, 0) is 6.54 Å². The first-order valence-corrected chi connectivity index (χ1v) is 11.0. The molecule has 0 spiro atoms. The third-order valence-electron chi connectivity index (χ3n) is 5.93. The number of ether oxygens (including phenoxy) is 2. The van der Waals surface area contributed by atoms with Gasteiger partial charge in [0, 0.05) is 17.7 Å². The molecule has 1 amide bonds. The molecule has 33 heavy (non-hydrogen) atoms. The zero-order valence-corrected chi connectivity index (χ0v) is 18.6. The minimum Gasteiger partial charge on any atom is -0.497 e. The Morgan fingerprint density at radius 3 is 2.30 bits per heavy atom. The number of methoxy groups -OCH3 is 1. The largest absolute Gasteiger partial charge is 0.497 e. The third kappa shape index (κ3) is 3.84. The van der Waals surface area contributed by atoms with E-state index >= 15 is 0 Å². The van der Waals surface area contributed by atoms with Gasteiger partial charge < -0.3 is 14.4 Å². The predicted octanol–water partition coefficient (Wildman–Crippen LogP) is 5.23. The van der Waals surface area contributed by atoms with Gasteiger partial charge in [-0.2, -0.15) is 5.10 Å². The Labute approximate surface area is 192 Å². The normalized spacial score (nSPS) is 14.9. The lowest BCUT2D eigenvalue weighted by atomic mass is 9.96. The molecule has 1 atom stereocenters. The average molecular weight is 440 g/mol. The molecule has 0 bridgehead atoms. The van der Waals surface area contributed by atoms with E-state index in [0.29, 0.717) is 18.8 Å².